The van der Waals surface area contributed by atoms with Crippen LogP contribution in [0.5, 0.6) is 0 Å². The van der Waals surface area contributed by atoms with E-state index in [0.29, 0.717) is 0 Å². The summed E-state index contributed by atoms with van der Waals surface area (Å²) in [6.07, 6.45) is 6.41. The number of nitrogens with zero attached hydrogens (tertiary/aromatic N) is 2. The van der Waals surface area contributed by atoms with Gasteiger partial charge in [0, 0.05) is 38.0 Å². The van der Waals surface area contributed by atoms with Gasteiger partial charge in [0.2, 0.25) is 5.69 Å². The molecule has 0 aliphatic rings. The van der Waals surface area contributed by atoms with Crippen molar-refractivity contribution in [1.29, 1.82) is 0 Å². The van der Waals surface area contributed by atoms with Crippen molar-refractivity contribution in [2.45, 2.75) is 0 Å². The average molecular weight is 281 g/mol. The van der Waals surface area contributed by atoms with Gasteiger partial charge in [-0.25, -0.2) is 0 Å². The van der Waals surface area contributed by atoms with E-state index in [0.717, 1.165) is 0 Å². The molecule has 3 heteroatoms. The fraction of sp³-hybridized carbons (Fsp3) is 0.118. The molecule has 20 heavy (non-hydrogen) atoms. The Bertz CT molecular complexity index is 739. The highest BCUT2D eigenvalue weighted by atomic mass is 32.1. The van der Waals surface area contributed by atoms with Crippen LogP contribution in [-0.2, 0) is 0 Å². The Hall–Kier alpha value is -2.13. The molecule has 2 aromatic heterocycles. The predicted molar refractivity (Wildman–Crippen MR) is 87.2 cm³/mol. The van der Waals surface area contributed by atoms with Gasteiger partial charge in [-0.2, -0.15) is 4.40 Å². The van der Waals surface area contributed by atoms with Gasteiger partial charge in [-0.15, -0.1) is 0 Å². The lowest BCUT2D eigenvalue weighted by atomic mass is 10.1. The van der Waals surface area contributed by atoms with Crippen LogP contribution >= 0.6 is 11.3 Å². The number of aromatic nitrogens is 1. The molecule has 0 spiro atoms. The molecule has 0 unspecified atom stereocenters. The molecule has 0 N–H and O–H groups in total. The van der Waals surface area contributed by atoms with Crippen molar-refractivity contribution >= 4 is 34.0 Å². The topological polar surface area (TPSA) is 7.34 Å². The third kappa shape index (κ3) is 2.58. The minimum absolute atomic E-state index is 1.19. The first-order valence-electron chi connectivity index (χ1n) is 6.57. The van der Waals surface area contributed by atoms with E-state index in [9.17, 15) is 0 Å². The molecule has 0 atom stereocenters. The molecule has 0 aliphatic carbocycles. The summed E-state index contributed by atoms with van der Waals surface area (Å²) in [5.74, 6) is 0. The van der Waals surface area contributed by atoms with E-state index < -0.39 is 0 Å². The minimum Gasteiger partial charge on any atom is -0.378 e. The van der Waals surface area contributed by atoms with Crippen LogP contribution in [0.4, 0.5) is 5.69 Å². The molecular formula is C17H17N2S+. The molecule has 1 aromatic carbocycles. The van der Waals surface area contributed by atoms with Gasteiger partial charge >= 0.3 is 0 Å². The normalized spacial score (nSPS) is 11.3. The number of pyridine rings is 1. The summed E-state index contributed by atoms with van der Waals surface area (Å²) >= 11 is 1.75. The van der Waals surface area contributed by atoms with Crippen LogP contribution in [0, 0.1) is 0 Å². The second kappa shape index (κ2) is 5.47. The number of hydrogen-bond acceptors (Lipinski definition) is 2. The SMILES string of the molecule is CN(C)c1ccc(C=Cc2cccc3scc[n+]23)cc1. The Kier molecular flexibility index (Phi) is 3.52. The Morgan fingerprint density at radius 2 is 1.80 bits per heavy atom. The average Bonchev–Trinajstić information content (AvgIpc) is 2.94. The summed E-state index contributed by atoms with van der Waals surface area (Å²) in [5, 5.41) is 2.11. The summed E-state index contributed by atoms with van der Waals surface area (Å²) < 4.78 is 2.20. The molecule has 2 heterocycles. The van der Waals surface area contributed by atoms with E-state index in [2.05, 4.69) is 89.6 Å². The molecular weight excluding hydrogens is 264 g/mol. The van der Waals surface area contributed by atoms with Crippen molar-refractivity contribution in [1.82, 2.24) is 0 Å². The van der Waals surface area contributed by atoms with Gasteiger partial charge in [-0.3, -0.25) is 0 Å². The summed E-state index contributed by atoms with van der Waals surface area (Å²) in [6, 6.07) is 14.9. The number of fused-ring (bicyclic) bond motifs is 1. The standard InChI is InChI=1S/C17H17N2S/c1-18(2)15-9-6-14(7-10-15)8-11-16-4-3-5-17-19(16)12-13-20-17/h3-13H,1-2H3/q+1. The first kappa shape index (κ1) is 12.9. The highest BCUT2D eigenvalue weighted by molar-refractivity contribution is 7.14. The van der Waals surface area contributed by atoms with Crippen LogP contribution in [0.1, 0.15) is 11.3 Å². The predicted octanol–water partition coefficient (Wildman–Crippen LogP) is 3.72. The maximum atomic E-state index is 2.20. The van der Waals surface area contributed by atoms with Gasteiger partial charge in [0.05, 0.1) is 5.38 Å². The van der Waals surface area contributed by atoms with Gasteiger partial charge in [-0.05, 0) is 29.8 Å². The number of benzene rings is 1. The maximum Gasteiger partial charge on any atom is 0.267 e. The lowest BCUT2D eigenvalue weighted by Gasteiger charge is -2.11. The van der Waals surface area contributed by atoms with E-state index in [1.807, 2.05) is 0 Å². The van der Waals surface area contributed by atoms with Crippen LogP contribution in [0.3, 0.4) is 0 Å². The van der Waals surface area contributed by atoms with Crippen molar-refractivity contribution in [3.05, 3.63) is 65.3 Å². The van der Waals surface area contributed by atoms with E-state index in [1.165, 1.54) is 21.8 Å². The Balaban J connectivity index is 1.88. The van der Waals surface area contributed by atoms with E-state index in [-0.39, 0.29) is 0 Å². The third-order valence-electron chi connectivity index (χ3n) is 3.28. The van der Waals surface area contributed by atoms with Crippen molar-refractivity contribution < 1.29 is 4.40 Å². The highest BCUT2D eigenvalue weighted by Crippen LogP contribution is 2.14. The highest BCUT2D eigenvalue weighted by Gasteiger charge is 2.06. The Morgan fingerprint density at radius 3 is 2.55 bits per heavy atom. The van der Waals surface area contributed by atoms with Gasteiger partial charge in [-0.1, -0.05) is 23.5 Å². The lowest BCUT2D eigenvalue weighted by molar-refractivity contribution is -0.509. The molecule has 100 valence electrons. The fourth-order valence-corrected chi connectivity index (χ4v) is 2.89. The zero-order valence-electron chi connectivity index (χ0n) is 11.7. The van der Waals surface area contributed by atoms with E-state index >= 15 is 0 Å². The van der Waals surface area contributed by atoms with Crippen molar-refractivity contribution in [3.63, 3.8) is 0 Å². The van der Waals surface area contributed by atoms with Crippen LogP contribution < -0.4 is 9.30 Å². The monoisotopic (exact) mass is 281 g/mol. The molecule has 3 rings (SSSR count). The largest absolute Gasteiger partial charge is 0.378 e. The van der Waals surface area contributed by atoms with Gasteiger partial charge < -0.3 is 4.90 Å². The summed E-state index contributed by atoms with van der Waals surface area (Å²) in [5.41, 5.74) is 3.63. The molecule has 0 saturated heterocycles. The summed E-state index contributed by atoms with van der Waals surface area (Å²) in [6.45, 7) is 0. The smallest absolute Gasteiger partial charge is 0.267 e. The Labute approximate surface area is 123 Å². The number of thiazole rings is 1. The van der Waals surface area contributed by atoms with Crippen LogP contribution in [0.25, 0.3) is 17.0 Å². The molecule has 0 fully saturated rings. The zero-order valence-corrected chi connectivity index (χ0v) is 12.5. The van der Waals surface area contributed by atoms with Crippen molar-refractivity contribution in [3.8, 4) is 0 Å². The Morgan fingerprint density at radius 1 is 1.00 bits per heavy atom. The molecule has 0 saturated carbocycles. The molecule has 2 nitrogen and oxygen atoms in total. The second-order valence-corrected chi connectivity index (χ2v) is 5.81. The van der Waals surface area contributed by atoms with Gasteiger partial charge in [0.1, 0.15) is 0 Å². The molecule has 0 amide bonds. The van der Waals surface area contributed by atoms with E-state index in [4.69, 9.17) is 0 Å². The first-order chi connectivity index (χ1) is 9.74. The summed E-state index contributed by atoms with van der Waals surface area (Å²) in [7, 11) is 4.11. The first-order valence-corrected chi connectivity index (χ1v) is 7.45. The molecule has 3 aromatic rings. The quantitative estimate of drug-likeness (QED) is 0.664. The van der Waals surface area contributed by atoms with Crippen molar-refractivity contribution in [2.75, 3.05) is 19.0 Å². The lowest BCUT2D eigenvalue weighted by Crippen LogP contribution is -2.21. The van der Waals surface area contributed by atoms with Crippen LogP contribution in [-0.4, -0.2) is 14.1 Å². The molecule has 0 bridgehead atoms. The molecule has 0 radical (unpaired) electrons. The van der Waals surface area contributed by atoms with Crippen LogP contribution in [0.2, 0.25) is 0 Å². The third-order valence-corrected chi connectivity index (χ3v) is 4.11. The number of anilines is 1. The van der Waals surface area contributed by atoms with E-state index in [1.54, 1.807) is 11.3 Å². The van der Waals surface area contributed by atoms with Gasteiger partial charge in [0.15, 0.2) is 6.20 Å². The second-order valence-electron chi connectivity index (χ2n) is 4.88. The maximum absolute atomic E-state index is 2.20. The number of rotatable bonds is 3. The zero-order chi connectivity index (χ0) is 13.9. The number of hydrogen-bond donors (Lipinski definition) is 0. The van der Waals surface area contributed by atoms with Crippen molar-refractivity contribution in [2.24, 2.45) is 0 Å². The summed E-state index contributed by atoms with van der Waals surface area (Å²) in [4.78, 5) is 3.37. The fourth-order valence-electron chi connectivity index (χ4n) is 2.13. The minimum atomic E-state index is 1.19. The van der Waals surface area contributed by atoms with Gasteiger partial charge in [0.25, 0.3) is 4.83 Å². The molecule has 0 aliphatic heterocycles. The van der Waals surface area contributed by atoms with Crippen LogP contribution in [0.15, 0.2) is 54.0 Å².